The lowest BCUT2D eigenvalue weighted by Gasteiger charge is -2.17. The van der Waals surface area contributed by atoms with Crippen molar-refractivity contribution in [2.24, 2.45) is 0 Å². The van der Waals surface area contributed by atoms with Crippen LogP contribution in [-0.4, -0.2) is 17.8 Å². The summed E-state index contributed by atoms with van der Waals surface area (Å²) in [5.74, 6) is 1.11. The predicted molar refractivity (Wildman–Crippen MR) is 82.7 cm³/mol. The SMILES string of the molecule is CCSc1ccc(C(NC)c2ccc(C)nc2)cc1. The average molecular weight is 272 g/mol. The van der Waals surface area contributed by atoms with Crippen LogP contribution in [0.5, 0.6) is 0 Å². The van der Waals surface area contributed by atoms with Crippen LogP contribution < -0.4 is 5.32 Å². The molecule has 1 heterocycles. The molecule has 1 N–H and O–H groups in total. The molecule has 0 aliphatic rings. The number of hydrogen-bond acceptors (Lipinski definition) is 3. The Labute approximate surface area is 119 Å². The fourth-order valence-corrected chi connectivity index (χ4v) is 2.76. The number of nitrogens with zero attached hydrogens (tertiary/aromatic N) is 1. The van der Waals surface area contributed by atoms with Crippen LogP contribution in [0.4, 0.5) is 0 Å². The van der Waals surface area contributed by atoms with Crippen molar-refractivity contribution in [2.45, 2.75) is 24.8 Å². The Kier molecular flexibility index (Phi) is 5.00. The van der Waals surface area contributed by atoms with Gasteiger partial charge in [-0.1, -0.05) is 25.1 Å². The van der Waals surface area contributed by atoms with Crippen LogP contribution in [-0.2, 0) is 0 Å². The highest BCUT2D eigenvalue weighted by atomic mass is 32.2. The number of nitrogens with one attached hydrogen (secondary N) is 1. The van der Waals surface area contributed by atoms with E-state index in [4.69, 9.17) is 0 Å². The van der Waals surface area contributed by atoms with Gasteiger partial charge in [0, 0.05) is 16.8 Å². The molecule has 100 valence electrons. The van der Waals surface area contributed by atoms with Gasteiger partial charge < -0.3 is 5.32 Å². The Morgan fingerprint density at radius 3 is 2.32 bits per heavy atom. The number of thioether (sulfide) groups is 1. The Hall–Kier alpha value is -1.32. The van der Waals surface area contributed by atoms with E-state index < -0.39 is 0 Å². The molecule has 0 bridgehead atoms. The van der Waals surface area contributed by atoms with Crippen LogP contribution in [0.1, 0.15) is 29.8 Å². The Morgan fingerprint density at radius 2 is 1.79 bits per heavy atom. The van der Waals surface area contributed by atoms with E-state index in [1.165, 1.54) is 16.0 Å². The van der Waals surface area contributed by atoms with Crippen molar-refractivity contribution in [1.29, 1.82) is 0 Å². The Balaban J connectivity index is 2.23. The van der Waals surface area contributed by atoms with Gasteiger partial charge in [-0.3, -0.25) is 4.98 Å². The molecule has 0 fully saturated rings. The third-order valence-corrected chi connectivity index (χ3v) is 3.97. The van der Waals surface area contributed by atoms with Crippen LogP contribution in [0, 0.1) is 6.92 Å². The summed E-state index contributed by atoms with van der Waals surface area (Å²) in [6, 6.07) is 13.2. The largest absolute Gasteiger partial charge is 0.309 e. The van der Waals surface area contributed by atoms with Gasteiger partial charge in [0.1, 0.15) is 0 Å². The molecule has 2 rings (SSSR count). The zero-order valence-corrected chi connectivity index (χ0v) is 12.5. The van der Waals surface area contributed by atoms with Gasteiger partial charge in [-0.05, 0) is 49.1 Å². The van der Waals surface area contributed by atoms with Gasteiger partial charge >= 0.3 is 0 Å². The molecule has 1 aromatic heterocycles. The quantitative estimate of drug-likeness (QED) is 0.838. The smallest absolute Gasteiger partial charge is 0.0589 e. The maximum Gasteiger partial charge on any atom is 0.0589 e. The minimum atomic E-state index is 0.203. The van der Waals surface area contributed by atoms with Gasteiger partial charge in [0.25, 0.3) is 0 Å². The molecular formula is C16H20N2S. The van der Waals surface area contributed by atoms with Gasteiger partial charge in [0.2, 0.25) is 0 Å². The standard InChI is InChI=1S/C16H20N2S/c1-4-19-15-9-7-13(8-10-15)16(17-3)14-6-5-12(2)18-11-14/h5-11,16-17H,4H2,1-3H3. The molecule has 0 radical (unpaired) electrons. The first-order valence-electron chi connectivity index (χ1n) is 6.57. The summed E-state index contributed by atoms with van der Waals surface area (Å²) in [4.78, 5) is 5.70. The molecule has 0 aliphatic heterocycles. The normalized spacial score (nSPS) is 12.4. The number of pyridine rings is 1. The summed E-state index contributed by atoms with van der Waals surface area (Å²) < 4.78 is 0. The van der Waals surface area contributed by atoms with Crippen molar-refractivity contribution in [3.8, 4) is 0 Å². The number of benzene rings is 1. The maximum atomic E-state index is 4.38. The van der Waals surface area contributed by atoms with Crippen molar-refractivity contribution in [3.63, 3.8) is 0 Å². The third-order valence-electron chi connectivity index (χ3n) is 3.08. The first kappa shape index (κ1) is 14.1. The van der Waals surface area contributed by atoms with E-state index in [0.717, 1.165) is 11.4 Å². The fourth-order valence-electron chi connectivity index (χ4n) is 2.10. The molecule has 0 aliphatic carbocycles. The Bertz CT molecular complexity index is 505. The van der Waals surface area contributed by atoms with Gasteiger partial charge in [-0.25, -0.2) is 0 Å². The lowest BCUT2D eigenvalue weighted by Crippen LogP contribution is -2.17. The van der Waals surface area contributed by atoms with E-state index >= 15 is 0 Å². The first-order chi connectivity index (χ1) is 9.24. The van der Waals surface area contributed by atoms with E-state index in [2.05, 4.69) is 53.6 Å². The van der Waals surface area contributed by atoms with Gasteiger partial charge in [-0.2, -0.15) is 0 Å². The van der Waals surface area contributed by atoms with Crippen LogP contribution in [0.3, 0.4) is 0 Å². The van der Waals surface area contributed by atoms with Gasteiger partial charge in [0.05, 0.1) is 6.04 Å². The second-order valence-corrected chi connectivity index (χ2v) is 5.79. The van der Waals surface area contributed by atoms with Crippen LogP contribution >= 0.6 is 11.8 Å². The minimum Gasteiger partial charge on any atom is -0.309 e. The molecule has 19 heavy (non-hydrogen) atoms. The monoisotopic (exact) mass is 272 g/mol. The van der Waals surface area contributed by atoms with E-state index in [0.29, 0.717) is 0 Å². The molecule has 1 unspecified atom stereocenters. The van der Waals surface area contributed by atoms with Gasteiger partial charge in [-0.15, -0.1) is 11.8 Å². The van der Waals surface area contributed by atoms with E-state index in [1.807, 2.05) is 31.9 Å². The molecule has 1 aromatic carbocycles. The van der Waals surface area contributed by atoms with Crippen molar-refractivity contribution in [1.82, 2.24) is 10.3 Å². The zero-order chi connectivity index (χ0) is 13.7. The topological polar surface area (TPSA) is 24.9 Å². The van der Waals surface area contributed by atoms with Crippen molar-refractivity contribution in [2.75, 3.05) is 12.8 Å². The molecule has 2 nitrogen and oxygen atoms in total. The summed E-state index contributed by atoms with van der Waals surface area (Å²) in [6.07, 6.45) is 1.95. The summed E-state index contributed by atoms with van der Waals surface area (Å²) in [5, 5.41) is 3.36. The van der Waals surface area contributed by atoms with Crippen molar-refractivity contribution in [3.05, 3.63) is 59.4 Å². The molecule has 3 heteroatoms. The fraction of sp³-hybridized carbons (Fsp3) is 0.312. The van der Waals surface area contributed by atoms with E-state index in [9.17, 15) is 0 Å². The second kappa shape index (κ2) is 6.73. The zero-order valence-electron chi connectivity index (χ0n) is 11.7. The summed E-state index contributed by atoms with van der Waals surface area (Å²) in [5.41, 5.74) is 3.52. The second-order valence-electron chi connectivity index (χ2n) is 4.46. The molecule has 0 spiro atoms. The van der Waals surface area contributed by atoms with Crippen LogP contribution in [0.25, 0.3) is 0 Å². The highest BCUT2D eigenvalue weighted by molar-refractivity contribution is 7.99. The minimum absolute atomic E-state index is 0.203. The number of rotatable bonds is 5. The lowest BCUT2D eigenvalue weighted by molar-refractivity contribution is 0.687. The van der Waals surface area contributed by atoms with E-state index in [1.54, 1.807) is 0 Å². The Morgan fingerprint density at radius 1 is 1.11 bits per heavy atom. The highest BCUT2D eigenvalue weighted by Crippen LogP contribution is 2.24. The lowest BCUT2D eigenvalue weighted by atomic mass is 10.0. The molecule has 0 saturated heterocycles. The summed E-state index contributed by atoms with van der Waals surface area (Å²) in [7, 11) is 1.99. The molecule has 0 amide bonds. The van der Waals surface area contributed by atoms with Crippen molar-refractivity contribution >= 4 is 11.8 Å². The highest BCUT2D eigenvalue weighted by Gasteiger charge is 2.11. The van der Waals surface area contributed by atoms with Crippen LogP contribution in [0.2, 0.25) is 0 Å². The molecule has 2 aromatic rings. The molecule has 0 saturated carbocycles. The molecular weight excluding hydrogens is 252 g/mol. The van der Waals surface area contributed by atoms with E-state index in [-0.39, 0.29) is 6.04 Å². The third kappa shape index (κ3) is 3.58. The average Bonchev–Trinajstić information content (AvgIpc) is 2.44. The number of hydrogen-bond donors (Lipinski definition) is 1. The summed E-state index contributed by atoms with van der Waals surface area (Å²) >= 11 is 1.87. The number of aryl methyl sites for hydroxylation is 1. The summed E-state index contributed by atoms with van der Waals surface area (Å²) in [6.45, 7) is 4.18. The number of aromatic nitrogens is 1. The van der Waals surface area contributed by atoms with Crippen molar-refractivity contribution < 1.29 is 0 Å². The van der Waals surface area contributed by atoms with Gasteiger partial charge in [0.15, 0.2) is 0 Å². The maximum absolute atomic E-state index is 4.38. The first-order valence-corrected chi connectivity index (χ1v) is 7.55. The van der Waals surface area contributed by atoms with Crippen LogP contribution in [0.15, 0.2) is 47.5 Å². The molecule has 1 atom stereocenters. The predicted octanol–water partition coefficient (Wildman–Crippen LogP) is 3.81.